The minimum absolute atomic E-state index is 0.205. The molecule has 1 aromatic rings. The first-order valence-corrected chi connectivity index (χ1v) is 6.11. The van der Waals surface area contributed by atoms with E-state index in [-0.39, 0.29) is 11.8 Å². The second kappa shape index (κ2) is 4.96. The molecule has 0 aromatic heterocycles. The third kappa shape index (κ3) is 2.91. The highest BCUT2D eigenvalue weighted by atomic mass is 35.5. The summed E-state index contributed by atoms with van der Waals surface area (Å²) in [4.78, 5) is 11.1. The van der Waals surface area contributed by atoms with Crippen LogP contribution >= 0.6 is 11.6 Å². The lowest BCUT2D eigenvalue weighted by Crippen LogP contribution is -2.16. The summed E-state index contributed by atoms with van der Waals surface area (Å²) in [7, 11) is 1.59. The van der Waals surface area contributed by atoms with Crippen molar-refractivity contribution >= 4 is 17.5 Å². The summed E-state index contributed by atoms with van der Waals surface area (Å²) in [5.41, 5.74) is 6.37. The summed E-state index contributed by atoms with van der Waals surface area (Å²) < 4.78 is 5.11. The lowest BCUT2D eigenvalue weighted by Gasteiger charge is -2.16. The molecule has 3 nitrogen and oxygen atoms in total. The summed E-state index contributed by atoms with van der Waals surface area (Å²) >= 11 is 6.09. The third-order valence-corrected chi connectivity index (χ3v) is 3.51. The predicted molar refractivity (Wildman–Crippen MR) is 67.3 cm³/mol. The second-order valence-electron chi connectivity index (χ2n) is 4.51. The molecule has 0 saturated heterocycles. The lowest BCUT2D eigenvalue weighted by atomic mass is 9.91. The lowest BCUT2D eigenvalue weighted by molar-refractivity contribution is -0.118. The molecule has 2 rings (SSSR count). The Morgan fingerprint density at radius 2 is 2.29 bits per heavy atom. The molecule has 1 unspecified atom stereocenters. The van der Waals surface area contributed by atoms with Crippen LogP contribution < -0.4 is 10.5 Å². The number of carbonyl (C=O) groups is 1. The van der Waals surface area contributed by atoms with Crippen LogP contribution in [0.3, 0.4) is 0 Å². The van der Waals surface area contributed by atoms with Crippen molar-refractivity contribution in [3.63, 3.8) is 0 Å². The molecule has 2 N–H and O–H groups in total. The average Bonchev–Trinajstić information content (AvgIpc) is 3.09. The molecule has 1 aromatic carbocycles. The van der Waals surface area contributed by atoms with E-state index in [1.165, 1.54) is 12.8 Å². The maximum atomic E-state index is 11.1. The number of hydrogen-bond acceptors (Lipinski definition) is 2. The summed E-state index contributed by atoms with van der Waals surface area (Å²) in [6.07, 6.45) is 2.73. The highest BCUT2D eigenvalue weighted by Crippen LogP contribution is 2.45. The van der Waals surface area contributed by atoms with Crippen molar-refractivity contribution in [1.29, 1.82) is 0 Å². The average molecular weight is 254 g/mol. The fraction of sp³-hybridized carbons (Fsp3) is 0.462. The number of halogens is 1. The van der Waals surface area contributed by atoms with Crippen molar-refractivity contribution in [2.45, 2.75) is 25.2 Å². The predicted octanol–water partition coefficient (Wildman–Crippen LogP) is 2.72. The van der Waals surface area contributed by atoms with E-state index in [0.29, 0.717) is 23.1 Å². The van der Waals surface area contributed by atoms with Crippen molar-refractivity contribution < 1.29 is 9.53 Å². The van der Waals surface area contributed by atoms with E-state index in [4.69, 9.17) is 22.1 Å². The topological polar surface area (TPSA) is 52.3 Å². The SMILES string of the molecule is COc1ccc(C(CC(N)=O)C2CC2)cc1Cl. The van der Waals surface area contributed by atoms with Gasteiger partial charge >= 0.3 is 0 Å². The van der Waals surface area contributed by atoms with Gasteiger partial charge in [-0.3, -0.25) is 4.79 Å². The highest BCUT2D eigenvalue weighted by molar-refractivity contribution is 6.32. The number of amides is 1. The van der Waals surface area contributed by atoms with Crippen molar-refractivity contribution in [1.82, 2.24) is 0 Å². The van der Waals surface area contributed by atoms with Crippen molar-refractivity contribution in [2.24, 2.45) is 11.7 Å². The molecule has 0 radical (unpaired) electrons. The molecule has 0 spiro atoms. The van der Waals surface area contributed by atoms with Gasteiger partial charge in [0.05, 0.1) is 12.1 Å². The Kier molecular flexibility index (Phi) is 3.57. The standard InChI is InChI=1S/C13H16ClNO2/c1-17-12-5-4-9(6-11(12)14)10(7-13(15)16)8-2-3-8/h4-6,8,10H,2-3,7H2,1H3,(H2,15,16). The third-order valence-electron chi connectivity index (χ3n) is 3.22. The molecule has 0 aliphatic heterocycles. The summed E-state index contributed by atoms with van der Waals surface area (Å²) in [5, 5.41) is 0.583. The van der Waals surface area contributed by atoms with Gasteiger partial charge in [0.15, 0.2) is 0 Å². The van der Waals surface area contributed by atoms with E-state index >= 15 is 0 Å². The molecule has 1 fully saturated rings. The monoisotopic (exact) mass is 253 g/mol. The van der Waals surface area contributed by atoms with Gasteiger partial charge in [-0.15, -0.1) is 0 Å². The van der Waals surface area contributed by atoms with E-state index in [2.05, 4.69) is 0 Å². The molecule has 1 atom stereocenters. The molecule has 1 aliphatic carbocycles. The Labute approximate surface area is 106 Å². The smallest absolute Gasteiger partial charge is 0.218 e. The first kappa shape index (κ1) is 12.2. The zero-order valence-corrected chi connectivity index (χ0v) is 10.5. The van der Waals surface area contributed by atoms with Crippen molar-refractivity contribution in [3.05, 3.63) is 28.8 Å². The molecular weight excluding hydrogens is 238 g/mol. The highest BCUT2D eigenvalue weighted by Gasteiger charge is 2.33. The second-order valence-corrected chi connectivity index (χ2v) is 4.92. The molecule has 17 heavy (non-hydrogen) atoms. The largest absolute Gasteiger partial charge is 0.495 e. The number of methoxy groups -OCH3 is 1. The fourth-order valence-electron chi connectivity index (χ4n) is 2.19. The zero-order chi connectivity index (χ0) is 12.4. The Morgan fingerprint density at radius 1 is 1.59 bits per heavy atom. The first-order chi connectivity index (χ1) is 8.11. The van der Waals surface area contributed by atoms with Crippen LogP contribution in [-0.2, 0) is 4.79 Å². The van der Waals surface area contributed by atoms with Crippen molar-refractivity contribution in [2.75, 3.05) is 7.11 Å². The quantitative estimate of drug-likeness (QED) is 0.877. The normalized spacial score (nSPS) is 16.6. The van der Waals surface area contributed by atoms with Gasteiger partial charge in [0, 0.05) is 6.42 Å². The van der Waals surface area contributed by atoms with E-state index in [9.17, 15) is 4.79 Å². The summed E-state index contributed by atoms with van der Waals surface area (Å²) in [5.74, 6) is 1.18. The van der Waals surface area contributed by atoms with E-state index in [0.717, 1.165) is 5.56 Å². The van der Waals surface area contributed by atoms with E-state index in [1.54, 1.807) is 7.11 Å². The van der Waals surface area contributed by atoms with E-state index in [1.807, 2.05) is 18.2 Å². The maximum Gasteiger partial charge on any atom is 0.218 e. The van der Waals surface area contributed by atoms with Crippen LogP contribution in [0.15, 0.2) is 18.2 Å². The molecule has 92 valence electrons. The van der Waals surface area contributed by atoms with Crippen LogP contribution in [0.5, 0.6) is 5.75 Å². The Bertz CT molecular complexity index is 429. The van der Waals surface area contributed by atoms with Gasteiger partial charge < -0.3 is 10.5 Å². The number of hydrogen-bond donors (Lipinski definition) is 1. The van der Waals surface area contributed by atoms with Gasteiger partial charge in [0.2, 0.25) is 5.91 Å². The number of nitrogens with two attached hydrogens (primary N) is 1. The van der Waals surface area contributed by atoms with E-state index < -0.39 is 0 Å². The molecule has 0 bridgehead atoms. The van der Waals surface area contributed by atoms with Gasteiger partial charge in [-0.25, -0.2) is 0 Å². The number of benzene rings is 1. The Morgan fingerprint density at radius 3 is 2.76 bits per heavy atom. The number of rotatable bonds is 5. The van der Waals surface area contributed by atoms with Gasteiger partial charge in [-0.05, 0) is 42.4 Å². The molecular formula is C13H16ClNO2. The van der Waals surface area contributed by atoms with Crippen LogP contribution in [0.1, 0.15) is 30.7 Å². The zero-order valence-electron chi connectivity index (χ0n) is 9.78. The molecule has 1 aliphatic rings. The minimum atomic E-state index is -0.256. The van der Waals surface area contributed by atoms with Gasteiger partial charge in [-0.2, -0.15) is 0 Å². The van der Waals surface area contributed by atoms with Crippen LogP contribution in [0.25, 0.3) is 0 Å². The number of ether oxygens (including phenoxy) is 1. The Hall–Kier alpha value is -1.22. The molecule has 0 heterocycles. The van der Waals surface area contributed by atoms with Crippen molar-refractivity contribution in [3.8, 4) is 5.75 Å². The van der Waals surface area contributed by atoms with Gasteiger partial charge in [0.1, 0.15) is 5.75 Å². The van der Waals surface area contributed by atoms with Crippen LogP contribution in [0, 0.1) is 5.92 Å². The maximum absolute atomic E-state index is 11.1. The van der Waals surface area contributed by atoms with Gasteiger partial charge in [0.25, 0.3) is 0 Å². The molecule has 1 saturated carbocycles. The molecule has 4 heteroatoms. The summed E-state index contributed by atoms with van der Waals surface area (Å²) in [6.45, 7) is 0. The fourth-order valence-corrected chi connectivity index (χ4v) is 2.45. The summed E-state index contributed by atoms with van der Waals surface area (Å²) in [6, 6.07) is 5.69. The number of primary amides is 1. The first-order valence-electron chi connectivity index (χ1n) is 5.73. The van der Waals surface area contributed by atoms with Crippen LogP contribution in [0.4, 0.5) is 0 Å². The Balaban J connectivity index is 2.23. The van der Waals surface area contributed by atoms with Gasteiger partial charge in [-0.1, -0.05) is 17.7 Å². The minimum Gasteiger partial charge on any atom is -0.495 e. The number of carbonyl (C=O) groups excluding carboxylic acids is 1. The molecule has 1 amide bonds. The van der Waals surface area contributed by atoms with Crippen LogP contribution in [-0.4, -0.2) is 13.0 Å². The van der Waals surface area contributed by atoms with Crippen LogP contribution in [0.2, 0.25) is 5.02 Å².